The largest absolute Gasteiger partial charge is 0.461 e. The topological polar surface area (TPSA) is 47.3 Å². The summed E-state index contributed by atoms with van der Waals surface area (Å²) in [6.07, 6.45) is 0.965. The van der Waals surface area contributed by atoms with E-state index in [1.165, 1.54) is 16.5 Å². The van der Waals surface area contributed by atoms with E-state index < -0.39 is 11.6 Å². The molecule has 1 aromatic carbocycles. The standard InChI is InChI=1S/C12H14O.O2S/c1-4-11-7-10-6-8(2)5-9(3)12(10)13-11;1-3-2/h5-7H,4H2,1-3H3;. The van der Waals surface area contributed by atoms with Crippen LogP contribution in [0.1, 0.15) is 23.8 Å². The number of hydrogen-bond acceptors (Lipinski definition) is 3. The third-order valence-electron chi connectivity index (χ3n) is 2.35. The SMILES string of the molecule is CCc1cc2cc(C)cc(C)c2o1.O=S=O. The number of rotatable bonds is 1. The summed E-state index contributed by atoms with van der Waals surface area (Å²) in [5, 5.41) is 1.23. The van der Waals surface area contributed by atoms with Crippen molar-refractivity contribution in [1.82, 2.24) is 0 Å². The van der Waals surface area contributed by atoms with E-state index in [1.54, 1.807) is 0 Å². The minimum atomic E-state index is -0.750. The first-order valence-corrected chi connectivity index (χ1v) is 5.70. The van der Waals surface area contributed by atoms with Crippen molar-refractivity contribution in [2.75, 3.05) is 0 Å². The molecule has 0 unspecified atom stereocenters. The zero-order valence-corrected chi connectivity index (χ0v) is 10.4. The summed E-state index contributed by atoms with van der Waals surface area (Å²) < 4.78 is 22.3. The first kappa shape index (κ1) is 12.6. The quantitative estimate of drug-likeness (QED) is 0.767. The smallest absolute Gasteiger partial charge is 0.335 e. The van der Waals surface area contributed by atoms with Gasteiger partial charge in [-0.3, -0.25) is 0 Å². The lowest BCUT2D eigenvalue weighted by molar-refractivity contribution is 0.555. The molecule has 0 spiro atoms. The number of furan rings is 1. The van der Waals surface area contributed by atoms with Crippen LogP contribution in [0.5, 0.6) is 0 Å². The van der Waals surface area contributed by atoms with E-state index in [1.807, 2.05) is 0 Å². The Morgan fingerprint density at radius 3 is 2.38 bits per heavy atom. The molecule has 16 heavy (non-hydrogen) atoms. The molecule has 0 N–H and O–H groups in total. The third kappa shape index (κ3) is 2.79. The van der Waals surface area contributed by atoms with Gasteiger partial charge in [-0.1, -0.05) is 18.6 Å². The molecular weight excluding hydrogens is 224 g/mol. The van der Waals surface area contributed by atoms with Crippen LogP contribution in [0.25, 0.3) is 11.0 Å². The van der Waals surface area contributed by atoms with Crippen LogP contribution >= 0.6 is 0 Å². The summed E-state index contributed by atoms with van der Waals surface area (Å²) in [6.45, 7) is 6.32. The Kier molecular flexibility index (Phi) is 4.43. The van der Waals surface area contributed by atoms with Crippen LogP contribution in [0.4, 0.5) is 0 Å². The summed E-state index contributed by atoms with van der Waals surface area (Å²) in [5.41, 5.74) is 3.57. The van der Waals surface area contributed by atoms with Gasteiger partial charge >= 0.3 is 11.6 Å². The highest BCUT2D eigenvalue weighted by atomic mass is 32.1. The van der Waals surface area contributed by atoms with Gasteiger partial charge in [-0.15, -0.1) is 0 Å². The molecule has 0 saturated heterocycles. The summed E-state index contributed by atoms with van der Waals surface area (Å²) >= 11 is -0.750. The summed E-state index contributed by atoms with van der Waals surface area (Å²) in [4.78, 5) is 0. The van der Waals surface area contributed by atoms with Crippen molar-refractivity contribution in [3.63, 3.8) is 0 Å². The molecule has 86 valence electrons. The van der Waals surface area contributed by atoms with E-state index in [0.29, 0.717) is 0 Å². The zero-order chi connectivity index (χ0) is 12.1. The van der Waals surface area contributed by atoms with Crippen LogP contribution in [0.15, 0.2) is 22.6 Å². The molecule has 0 saturated carbocycles. The normalized spacial score (nSPS) is 9.69. The monoisotopic (exact) mass is 238 g/mol. The van der Waals surface area contributed by atoms with Gasteiger partial charge in [-0.2, -0.15) is 8.42 Å². The van der Waals surface area contributed by atoms with Crippen LogP contribution in [0.2, 0.25) is 0 Å². The minimum Gasteiger partial charge on any atom is -0.461 e. The molecule has 0 aliphatic rings. The molecule has 2 rings (SSSR count). The maximum absolute atomic E-state index is 8.29. The van der Waals surface area contributed by atoms with Gasteiger partial charge in [0.25, 0.3) is 0 Å². The predicted octanol–water partition coefficient (Wildman–Crippen LogP) is 2.94. The van der Waals surface area contributed by atoms with Gasteiger partial charge in [0.2, 0.25) is 0 Å². The van der Waals surface area contributed by atoms with Gasteiger partial charge in [0.1, 0.15) is 11.3 Å². The van der Waals surface area contributed by atoms with E-state index in [2.05, 4.69) is 39.0 Å². The van der Waals surface area contributed by atoms with Gasteiger partial charge in [0, 0.05) is 11.8 Å². The summed E-state index contributed by atoms with van der Waals surface area (Å²) in [5.74, 6) is 1.07. The van der Waals surface area contributed by atoms with E-state index in [0.717, 1.165) is 17.8 Å². The van der Waals surface area contributed by atoms with Crippen molar-refractivity contribution in [2.24, 2.45) is 0 Å². The summed E-state index contributed by atoms with van der Waals surface area (Å²) in [7, 11) is 0. The molecule has 0 aliphatic carbocycles. The lowest BCUT2D eigenvalue weighted by atomic mass is 10.1. The Balaban J connectivity index is 0.000000386. The zero-order valence-electron chi connectivity index (χ0n) is 9.57. The first-order valence-electron chi connectivity index (χ1n) is 5.03. The Bertz CT molecular complexity index is 522. The van der Waals surface area contributed by atoms with Gasteiger partial charge in [-0.25, -0.2) is 0 Å². The van der Waals surface area contributed by atoms with E-state index in [4.69, 9.17) is 12.8 Å². The van der Waals surface area contributed by atoms with Crippen molar-refractivity contribution < 1.29 is 12.8 Å². The fourth-order valence-electron chi connectivity index (χ4n) is 1.74. The fourth-order valence-corrected chi connectivity index (χ4v) is 1.74. The highest BCUT2D eigenvalue weighted by molar-refractivity contribution is 7.51. The van der Waals surface area contributed by atoms with E-state index in [-0.39, 0.29) is 0 Å². The van der Waals surface area contributed by atoms with Crippen molar-refractivity contribution in [3.8, 4) is 0 Å². The molecule has 0 fully saturated rings. The molecule has 2 aromatic rings. The molecule has 0 radical (unpaired) electrons. The van der Waals surface area contributed by atoms with E-state index >= 15 is 0 Å². The molecule has 0 aliphatic heterocycles. The van der Waals surface area contributed by atoms with Gasteiger partial charge in [0.05, 0.1) is 0 Å². The third-order valence-corrected chi connectivity index (χ3v) is 2.35. The van der Waals surface area contributed by atoms with Crippen LogP contribution in [-0.4, -0.2) is 8.42 Å². The highest BCUT2D eigenvalue weighted by Crippen LogP contribution is 2.24. The van der Waals surface area contributed by atoms with Gasteiger partial charge in [-0.05, 0) is 31.5 Å². The average molecular weight is 238 g/mol. The van der Waals surface area contributed by atoms with Crippen molar-refractivity contribution >= 4 is 22.5 Å². The molecule has 4 heteroatoms. The minimum absolute atomic E-state index is 0.750. The van der Waals surface area contributed by atoms with Crippen LogP contribution in [0.3, 0.4) is 0 Å². The molecule has 0 atom stereocenters. The maximum atomic E-state index is 8.29. The molecule has 3 nitrogen and oxygen atoms in total. The van der Waals surface area contributed by atoms with Crippen molar-refractivity contribution in [3.05, 3.63) is 35.1 Å². The lowest BCUT2D eigenvalue weighted by Crippen LogP contribution is -1.76. The number of benzene rings is 1. The van der Waals surface area contributed by atoms with Crippen LogP contribution < -0.4 is 0 Å². The predicted molar refractivity (Wildman–Crippen MR) is 64.0 cm³/mol. The Morgan fingerprint density at radius 2 is 1.81 bits per heavy atom. The Morgan fingerprint density at radius 1 is 1.19 bits per heavy atom. The average Bonchev–Trinajstić information content (AvgIpc) is 2.62. The van der Waals surface area contributed by atoms with E-state index in [9.17, 15) is 0 Å². The number of fused-ring (bicyclic) bond motifs is 1. The Hall–Kier alpha value is -1.42. The van der Waals surface area contributed by atoms with Gasteiger partial charge in [0.15, 0.2) is 0 Å². The first-order chi connectivity index (χ1) is 7.62. The van der Waals surface area contributed by atoms with Crippen LogP contribution in [-0.2, 0) is 18.0 Å². The molecule has 1 heterocycles. The molecule has 0 bridgehead atoms. The fraction of sp³-hybridized carbons (Fsp3) is 0.333. The second kappa shape index (κ2) is 5.61. The summed E-state index contributed by atoms with van der Waals surface area (Å²) in [6, 6.07) is 6.46. The highest BCUT2D eigenvalue weighted by Gasteiger charge is 2.04. The lowest BCUT2D eigenvalue weighted by Gasteiger charge is -1.96. The van der Waals surface area contributed by atoms with Crippen LogP contribution in [0, 0.1) is 13.8 Å². The molecule has 1 aromatic heterocycles. The number of aryl methyl sites for hydroxylation is 3. The number of hydrogen-bond donors (Lipinski definition) is 0. The molecule has 0 amide bonds. The second-order valence-corrected chi connectivity index (χ2v) is 3.77. The van der Waals surface area contributed by atoms with Crippen molar-refractivity contribution in [2.45, 2.75) is 27.2 Å². The second-order valence-electron chi connectivity index (χ2n) is 3.63. The Labute approximate surface area is 98.1 Å². The van der Waals surface area contributed by atoms with Gasteiger partial charge < -0.3 is 4.42 Å². The van der Waals surface area contributed by atoms with Crippen molar-refractivity contribution in [1.29, 1.82) is 0 Å². The maximum Gasteiger partial charge on any atom is 0.335 e. The molecular formula is C12H14O3S.